The van der Waals surface area contributed by atoms with Crippen LogP contribution < -0.4 is 15.0 Å². The second kappa shape index (κ2) is 9.47. The molecule has 1 fully saturated rings. The van der Waals surface area contributed by atoms with Crippen LogP contribution in [-0.2, 0) is 6.54 Å². The average Bonchev–Trinajstić information content (AvgIpc) is 2.83. The van der Waals surface area contributed by atoms with Crippen molar-refractivity contribution in [3.05, 3.63) is 72.1 Å². The first-order chi connectivity index (χ1) is 15.1. The van der Waals surface area contributed by atoms with Crippen LogP contribution >= 0.6 is 0 Å². The maximum Gasteiger partial charge on any atom is 0.317 e. The molecule has 1 aliphatic rings. The summed E-state index contributed by atoms with van der Waals surface area (Å²) in [7, 11) is 1.64. The maximum atomic E-state index is 12.6. The summed E-state index contributed by atoms with van der Waals surface area (Å²) < 4.78 is 5.16. The minimum Gasteiger partial charge on any atom is -0.497 e. The lowest BCUT2D eigenvalue weighted by atomic mass is 10.1. The topological polar surface area (TPSA) is 70.6 Å². The minimum atomic E-state index is -0.0431. The molecule has 3 aromatic rings. The molecule has 7 heteroatoms. The van der Waals surface area contributed by atoms with E-state index in [2.05, 4.69) is 51.4 Å². The van der Waals surface area contributed by atoms with E-state index in [1.165, 1.54) is 5.56 Å². The zero-order valence-electron chi connectivity index (χ0n) is 17.9. The number of hydrogen-bond acceptors (Lipinski definition) is 5. The minimum absolute atomic E-state index is 0.0431. The normalized spacial score (nSPS) is 13.7. The fourth-order valence-corrected chi connectivity index (χ4v) is 3.57. The average molecular weight is 418 g/mol. The number of anilines is 1. The number of carbonyl (C=O) groups excluding carboxylic acids is 1. The van der Waals surface area contributed by atoms with Crippen LogP contribution in [0.4, 0.5) is 10.6 Å². The van der Waals surface area contributed by atoms with Crippen molar-refractivity contribution in [2.75, 3.05) is 38.2 Å². The zero-order valence-corrected chi connectivity index (χ0v) is 17.9. The zero-order chi connectivity index (χ0) is 21.6. The lowest BCUT2D eigenvalue weighted by Gasteiger charge is -2.35. The van der Waals surface area contributed by atoms with Gasteiger partial charge in [0.05, 0.1) is 12.8 Å². The molecule has 7 nitrogen and oxygen atoms in total. The molecule has 0 radical (unpaired) electrons. The number of rotatable bonds is 5. The number of ether oxygens (including phenoxy) is 1. The van der Waals surface area contributed by atoms with Gasteiger partial charge in [0.1, 0.15) is 17.9 Å². The van der Waals surface area contributed by atoms with Gasteiger partial charge in [-0.15, -0.1) is 0 Å². The van der Waals surface area contributed by atoms with Crippen molar-refractivity contribution < 1.29 is 9.53 Å². The Balaban J connectivity index is 1.31. The Morgan fingerprint density at radius 2 is 1.71 bits per heavy atom. The van der Waals surface area contributed by atoms with E-state index in [1.807, 2.05) is 35.2 Å². The summed E-state index contributed by atoms with van der Waals surface area (Å²) in [6, 6.07) is 18.0. The Kier molecular flexibility index (Phi) is 6.31. The molecule has 2 aromatic carbocycles. The standard InChI is InChI=1S/C24H27N5O2/c1-18-3-7-20(8-4-18)22-15-23(27-17-26-22)28-11-13-29(14-12-28)24(30)25-16-19-5-9-21(31-2)10-6-19/h3-10,15,17H,11-14,16H2,1-2H3,(H,25,30). The first-order valence-electron chi connectivity index (χ1n) is 10.4. The highest BCUT2D eigenvalue weighted by atomic mass is 16.5. The summed E-state index contributed by atoms with van der Waals surface area (Å²) in [5.74, 6) is 1.70. The SMILES string of the molecule is COc1ccc(CNC(=O)N2CCN(c3cc(-c4ccc(C)cc4)ncn3)CC2)cc1. The van der Waals surface area contributed by atoms with E-state index in [4.69, 9.17) is 4.74 Å². The maximum absolute atomic E-state index is 12.6. The highest BCUT2D eigenvalue weighted by Crippen LogP contribution is 2.22. The van der Waals surface area contributed by atoms with Crippen molar-refractivity contribution in [3.63, 3.8) is 0 Å². The molecular weight excluding hydrogens is 390 g/mol. The molecule has 160 valence electrons. The fourth-order valence-electron chi connectivity index (χ4n) is 3.57. The molecule has 0 unspecified atom stereocenters. The second-order valence-corrected chi connectivity index (χ2v) is 7.61. The van der Waals surface area contributed by atoms with Gasteiger partial charge in [0.15, 0.2) is 0 Å². The summed E-state index contributed by atoms with van der Waals surface area (Å²) in [5.41, 5.74) is 4.24. The van der Waals surface area contributed by atoms with Gasteiger partial charge in [0, 0.05) is 44.4 Å². The summed E-state index contributed by atoms with van der Waals surface area (Å²) in [6.07, 6.45) is 1.61. The van der Waals surface area contributed by atoms with Crippen molar-refractivity contribution in [2.45, 2.75) is 13.5 Å². The first kappa shape index (κ1) is 20.7. The summed E-state index contributed by atoms with van der Waals surface area (Å²) in [4.78, 5) is 25.5. The number of aryl methyl sites for hydroxylation is 1. The molecule has 4 rings (SSSR count). The van der Waals surface area contributed by atoms with E-state index >= 15 is 0 Å². The van der Waals surface area contributed by atoms with Gasteiger partial charge in [-0.3, -0.25) is 0 Å². The third-order valence-corrected chi connectivity index (χ3v) is 5.49. The van der Waals surface area contributed by atoms with Gasteiger partial charge in [0.2, 0.25) is 0 Å². The predicted molar refractivity (Wildman–Crippen MR) is 121 cm³/mol. The van der Waals surface area contributed by atoms with E-state index in [0.29, 0.717) is 19.6 Å². The number of carbonyl (C=O) groups is 1. The van der Waals surface area contributed by atoms with Crippen LogP contribution in [0.25, 0.3) is 11.3 Å². The van der Waals surface area contributed by atoms with E-state index in [9.17, 15) is 4.79 Å². The van der Waals surface area contributed by atoms with Gasteiger partial charge in [0.25, 0.3) is 0 Å². The molecule has 0 spiro atoms. The molecule has 31 heavy (non-hydrogen) atoms. The van der Waals surface area contributed by atoms with Gasteiger partial charge < -0.3 is 19.9 Å². The van der Waals surface area contributed by atoms with Crippen molar-refractivity contribution in [2.24, 2.45) is 0 Å². The molecule has 2 amide bonds. The number of urea groups is 1. The van der Waals surface area contributed by atoms with Crippen molar-refractivity contribution in [1.29, 1.82) is 0 Å². The first-order valence-corrected chi connectivity index (χ1v) is 10.4. The molecule has 0 atom stereocenters. The number of nitrogens with zero attached hydrogens (tertiary/aromatic N) is 4. The van der Waals surface area contributed by atoms with Crippen LogP contribution in [0.15, 0.2) is 60.9 Å². The third kappa shape index (κ3) is 5.12. The highest BCUT2D eigenvalue weighted by molar-refractivity contribution is 5.74. The van der Waals surface area contributed by atoms with Crippen LogP contribution in [0.3, 0.4) is 0 Å². The smallest absolute Gasteiger partial charge is 0.317 e. The van der Waals surface area contributed by atoms with Crippen LogP contribution in [0.1, 0.15) is 11.1 Å². The lowest BCUT2D eigenvalue weighted by Crippen LogP contribution is -2.51. The van der Waals surface area contributed by atoms with Crippen LogP contribution in [-0.4, -0.2) is 54.2 Å². The number of nitrogens with one attached hydrogen (secondary N) is 1. The Hall–Kier alpha value is -3.61. The fraction of sp³-hybridized carbons (Fsp3) is 0.292. The Bertz CT molecular complexity index is 1010. The largest absolute Gasteiger partial charge is 0.497 e. The van der Waals surface area contributed by atoms with Gasteiger partial charge in [-0.05, 0) is 24.6 Å². The summed E-state index contributed by atoms with van der Waals surface area (Å²) in [5, 5.41) is 3.00. The predicted octanol–water partition coefficient (Wildman–Crippen LogP) is 3.49. The number of amides is 2. The molecule has 0 bridgehead atoms. The number of methoxy groups -OCH3 is 1. The lowest BCUT2D eigenvalue weighted by molar-refractivity contribution is 0.194. The van der Waals surface area contributed by atoms with Crippen LogP contribution in [0.5, 0.6) is 5.75 Å². The molecule has 2 heterocycles. The van der Waals surface area contributed by atoms with Gasteiger partial charge >= 0.3 is 6.03 Å². The Morgan fingerprint density at radius 1 is 1.00 bits per heavy atom. The number of piperazine rings is 1. The van der Waals surface area contributed by atoms with Crippen LogP contribution in [0, 0.1) is 6.92 Å². The second-order valence-electron chi connectivity index (χ2n) is 7.61. The highest BCUT2D eigenvalue weighted by Gasteiger charge is 2.22. The van der Waals surface area contributed by atoms with E-state index in [-0.39, 0.29) is 6.03 Å². The van der Waals surface area contributed by atoms with Crippen molar-refractivity contribution in [1.82, 2.24) is 20.2 Å². The van der Waals surface area contributed by atoms with E-state index in [0.717, 1.165) is 41.5 Å². The van der Waals surface area contributed by atoms with Gasteiger partial charge in [-0.2, -0.15) is 0 Å². The quantitative estimate of drug-likeness (QED) is 0.688. The number of benzene rings is 2. The number of aromatic nitrogens is 2. The molecule has 1 aromatic heterocycles. The van der Waals surface area contributed by atoms with E-state index < -0.39 is 0 Å². The van der Waals surface area contributed by atoms with E-state index in [1.54, 1.807) is 13.4 Å². The number of hydrogen-bond donors (Lipinski definition) is 1. The summed E-state index contributed by atoms with van der Waals surface area (Å²) in [6.45, 7) is 5.34. The monoisotopic (exact) mass is 417 g/mol. The molecule has 0 aliphatic carbocycles. The summed E-state index contributed by atoms with van der Waals surface area (Å²) >= 11 is 0. The Morgan fingerprint density at radius 3 is 2.39 bits per heavy atom. The molecule has 0 saturated carbocycles. The van der Waals surface area contributed by atoms with Crippen molar-refractivity contribution >= 4 is 11.8 Å². The molecular formula is C24H27N5O2. The Labute approximate surface area is 182 Å². The molecule has 1 N–H and O–H groups in total. The van der Waals surface area contributed by atoms with Gasteiger partial charge in [-0.25, -0.2) is 14.8 Å². The molecule has 1 aliphatic heterocycles. The van der Waals surface area contributed by atoms with Gasteiger partial charge in [-0.1, -0.05) is 42.0 Å². The van der Waals surface area contributed by atoms with Crippen molar-refractivity contribution in [3.8, 4) is 17.0 Å². The van der Waals surface area contributed by atoms with Crippen LogP contribution in [0.2, 0.25) is 0 Å². The third-order valence-electron chi connectivity index (χ3n) is 5.49. The molecule has 1 saturated heterocycles.